The zero-order valence-electron chi connectivity index (χ0n) is 9.61. The Morgan fingerprint density at radius 2 is 2.50 bits per heavy atom. The predicted molar refractivity (Wildman–Crippen MR) is 66.3 cm³/mol. The Balaban J connectivity index is 2.14. The molecule has 0 aliphatic carbocycles. The summed E-state index contributed by atoms with van der Waals surface area (Å²) in [6, 6.07) is -0.365. The first-order valence-corrected chi connectivity index (χ1v) is 6.53. The summed E-state index contributed by atoms with van der Waals surface area (Å²) in [6.07, 6.45) is 5.39. The van der Waals surface area contributed by atoms with Crippen LogP contribution in [0.5, 0.6) is 0 Å². The third-order valence-electron chi connectivity index (χ3n) is 2.33. The Kier molecular flexibility index (Phi) is 6.03. The fraction of sp³-hybridized carbons (Fsp3) is 0.636. The van der Waals surface area contributed by atoms with Gasteiger partial charge in [-0.2, -0.15) is 0 Å². The summed E-state index contributed by atoms with van der Waals surface area (Å²) < 4.78 is 0. The molecule has 1 unspecified atom stereocenters. The molecule has 0 fully saturated rings. The largest absolute Gasteiger partial charge is 0.354 e. The van der Waals surface area contributed by atoms with E-state index in [1.807, 2.05) is 5.38 Å². The number of carbonyl (C=O) groups is 1. The summed E-state index contributed by atoms with van der Waals surface area (Å²) in [4.78, 5) is 15.7. The zero-order valence-corrected chi connectivity index (χ0v) is 10.4. The third-order valence-corrected chi connectivity index (χ3v) is 3.17. The van der Waals surface area contributed by atoms with E-state index in [-0.39, 0.29) is 11.9 Å². The average molecular weight is 241 g/mol. The molecule has 0 aliphatic heterocycles. The topological polar surface area (TPSA) is 68.0 Å². The number of thiazole rings is 1. The first-order chi connectivity index (χ1) is 7.74. The molecule has 90 valence electrons. The lowest BCUT2D eigenvalue weighted by molar-refractivity contribution is -0.122. The molecule has 1 amide bonds. The first kappa shape index (κ1) is 13.1. The van der Waals surface area contributed by atoms with E-state index < -0.39 is 0 Å². The van der Waals surface area contributed by atoms with Crippen LogP contribution < -0.4 is 11.1 Å². The van der Waals surface area contributed by atoms with E-state index in [0.29, 0.717) is 6.54 Å². The lowest BCUT2D eigenvalue weighted by Gasteiger charge is -2.10. The van der Waals surface area contributed by atoms with Crippen molar-refractivity contribution in [3.8, 4) is 0 Å². The standard InChI is InChI=1S/C11H19N3OS/c1-2-3-4-9(12)11(15)14-6-5-10-13-7-8-16-10/h7-9H,2-6,12H2,1H3,(H,14,15). The van der Waals surface area contributed by atoms with E-state index in [2.05, 4.69) is 17.2 Å². The number of hydrogen-bond donors (Lipinski definition) is 2. The Bertz CT molecular complexity index is 300. The fourth-order valence-electron chi connectivity index (χ4n) is 1.36. The minimum absolute atomic E-state index is 0.0509. The molecule has 1 rings (SSSR count). The molecule has 0 bridgehead atoms. The van der Waals surface area contributed by atoms with Gasteiger partial charge in [-0.05, 0) is 6.42 Å². The highest BCUT2D eigenvalue weighted by atomic mass is 32.1. The molecule has 4 nitrogen and oxygen atoms in total. The Morgan fingerprint density at radius 1 is 1.69 bits per heavy atom. The molecule has 1 aromatic rings. The van der Waals surface area contributed by atoms with Crippen molar-refractivity contribution in [2.24, 2.45) is 5.73 Å². The monoisotopic (exact) mass is 241 g/mol. The molecule has 0 radical (unpaired) electrons. The highest BCUT2D eigenvalue weighted by Crippen LogP contribution is 2.03. The minimum Gasteiger partial charge on any atom is -0.354 e. The van der Waals surface area contributed by atoms with Crippen LogP contribution in [0.4, 0.5) is 0 Å². The van der Waals surface area contributed by atoms with Crippen molar-refractivity contribution >= 4 is 17.2 Å². The maximum absolute atomic E-state index is 11.5. The van der Waals surface area contributed by atoms with Crippen LogP contribution in [-0.2, 0) is 11.2 Å². The van der Waals surface area contributed by atoms with E-state index >= 15 is 0 Å². The maximum atomic E-state index is 11.5. The van der Waals surface area contributed by atoms with E-state index in [0.717, 1.165) is 30.7 Å². The van der Waals surface area contributed by atoms with Gasteiger partial charge in [0.25, 0.3) is 0 Å². The van der Waals surface area contributed by atoms with Gasteiger partial charge in [-0.3, -0.25) is 4.79 Å². The molecule has 0 saturated carbocycles. The minimum atomic E-state index is -0.365. The number of aromatic nitrogens is 1. The van der Waals surface area contributed by atoms with Crippen LogP contribution in [-0.4, -0.2) is 23.5 Å². The van der Waals surface area contributed by atoms with Crippen LogP contribution >= 0.6 is 11.3 Å². The number of unbranched alkanes of at least 4 members (excludes halogenated alkanes) is 1. The number of nitrogens with one attached hydrogen (secondary N) is 1. The second-order valence-electron chi connectivity index (χ2n) is 3.72. The smallest absolute Gasteiger partial charge is 0.236 e. The third kappa shape index (κ3) is 4.72. The van der Waals surface area contributed by atoms with Crippen LogP contribution in [0.2, 0.25) is 0 Å². The van der Waals surface area contributed by atoms with E-state index in [1.165, 1.54) is 0 Å². The molecule has 0 spiro atoms. The van der Waals surface area contributed by atoms with Crippen molar-refractivity contribution in [2.75, 3.05) is 6.54 Å². The van der Waals surface area contributed by atoms with Crippen LogP contribution in [0.3, 0.4) is 0 Å². The van der Waals surface area contributed by atoms with Gasteiger partial charge in [-0.25, -0.2) is 4.98 Å². The van der Waals surface area contributed by atoms with Crippen LogP contribution in [0.15, 0.2) is 11.6 Å². The summed E-state index contributed by atoms with van der Waals surface area (Å²) in [5.74, 6) is -0.0509. The highest BCUT2D eigenvalue weighted by molar-refractivity contribution is 7.09. The molecule has 0 aromatic carbocycles. The van der Waals surface area contributed by atoms with Crippen molar-refractivity contribution in [2.45, 2.75) is 38.6 Å². The van der Waals surface area contributed by atoms with E-state index in [4.69, 9.17) is 5.73 Å². The van der Waals surface area contributed by atoms with Crippen LogP contribution in [0.25, 0.3) is 0 Å². The predicted octanol–water partition coefficient (Wildman–Crippen LogP) is 1.32. The second kappa shape index (κ2) is 7.35. The summed E-state index contributed by atoms with van der Waals surface area (Å²) in [5.41, 5.74) is 5.74. The number of rotatable bonds is 7. The first-order valence-electron chi connectivity index (χ1n) is 5.65. The molecular formula is C11H19N3OS. The lowest BCUT2D eigenvalue weighted by Crippen LogP contribution is -2.41. The number of nitrogens with zero attached hydrogens (tertiary/aromatic N) is 1. The van der Waals surface area contributed by atoms with Gasteiger partial charge in [-0.1, -0.05) is 19.8 Å². The normalized spacial score (nSPS) is 12.4. The molecule has 16 heavy (non-hydrogen) atoms. The summed E-state index contributed by atoms with van der Waals surface area (Å²) in [7, 11) is 0. The summed E-state index contributed by atoms with van der Waals surface area (Å²) in [6.45, 7) is 2.71. The Labute approximate surface area is 100 Å². The average Bonchev–Trinajstić information content (AvgIpc) is 2.78. The van der Waals surface area contributed by atoms with Crippen molar-refractivity contribution in [1.29, 1.82) is 0 Å². The molecule has 3 N–H and O–H groups in total. The summed E-state index contributed by atoms with van der Waals surface area (Å²) >= 11 is 1.60. The summed E-state index contributed by atoms with van der Waals surface area (Å²) in [5, 5.41) is 5.81. The van der Waals surface area contributed by atoms with Crippen LogP contribution in [0.1, 0.15) is 31.2 Å². The number of nitrogens with two attached hydrogens (primary N) is 1. The lowest BCUT2D eigenvalue weighted by atomic mass is 10.1. The van der Waals surface area contributed by atoms with Gasteiger partial charge in [0, 0.05) is 24.5 Å². The van der Waals surface area contributed by atoms with Crippen molar-refractivity contribution < 1.29 is 4.79 Å². The molecule has 1 heterocycles. The van der Waals surface area contributed by atoms with Gasteiger partial charge in [-0.15, -0.1) is 11.3 Å². The van der Waals surface area contributed by atoms with Gasteiger partial charge in [0.15, 0.2) is 0 Å². The van der Waals surface area contributed by atoms with Gasteiger partial charge >= 0.3 is 0 Å². The Morgan fingerprint density at radius 3 is 3.12 bits per heavy atom. The number of amides is 1. The molecule has 0 aliphatic rings. The van der Waals surface area contributed by atoms with E-state index in [1.54, 1.807) is 17.5 Å². The Hall–Kier alpha value is -0.940. The fourth-order valence-corrected chi connectivity index (χ4v) is 1.98. The van der Waals surface area contributed by atoms with Crippen LogP contribution in [0, 0.1) is 0 Å². The maximum Gasteiger partial charge on any atom is 0.236 e. The van der Waals surface area contributed by atoms with Crippen molar-refractivity contribution in [3.05, 3.63) is 16.6 Å². The van der Waals surface area contributed by atoms with Gasteiger partial charge < -0.3 is 11.1 Å². The molecule has 0 saturated heterocycles. The number of carbonyl (C=O) groups excluding carboxylic acids is 1. The highest BCUT2D eigenvalue weighted by Gasteiger charge is 2.11. The zero-order chi connectivity index (χ0) is 11.8. The molecular weight excluding hydrogens is 222 g/mol. The van der Waals surface area contributed by atoms with Gasteiger partial charge in [0.05, 0.1) is 11.0 Å². The van der Waals surface area contributed by atoms with Gasteiger partial charge in [0.1, 0.15) is 0 Å². The second-order valence-corrected chi connectivity index (χ2v) is 4.69. The van der Waals surface area contributed by atoms with Crippen molar-refractivity contribution in [3.63, 3.8) is 0 Å². The van der Waals surface area contributed by atoms with Gasteiger partial charge in [0.2, 0.25) is 5.91 Å². The SMILES string of the molecule is CCCCC(N)C(=O)NCCc1nccs1. The molecule has 5 heteroatoms. The number of hydrogen-bond acceptors (Lipinski definition) is 4. The van der Waals surface area contributed by atoms with Crippen molar-refractivity contribution in [1.82, 2.24) is 10.3 Å². The molecule has 1 aromatic heterocycles. The van der Waals surface area contributed by atoms with E-state index in [9.17, 15) is 4.79 Å². The molecule has 1 atom stereocenters. The quantitative estimate of drug-likeness (QED) is 0.756.